The number of nitrogens with zero attached hydrogens (tertiary/aromatic N) is 1. The van der Waals surface area contributed by atoms with Gasteiger partial charge in [0.25, 0.3) is 0 Å². The Kier molecular flexibility index (Phi) is 3.41. The zero-order chi connectivity index (χ0) is 13.2. The molecule has 1 heterocycles. The van der Waals surface area contributed by atoms with Crippen molar-refractivity contribution in [1.82, 2.24) is 4.90 Å². The molecule has 3 heteroatoms. The van der Waals surface area contributed by atoms with E-state index < -0.39 is 5.60 Å². The van der Waals surface area contributed by atoms with Crippen LogP contribution in [-0.4, -0.2) is 23.1 Å². The Labute approximate surface area is 108 Å². The highest BCUT2D eigenvalue weighted by Crippen LogP contribution is 2.28. The fraction of sp³-hybridized carbons (Fsp3) is 0.400. The smallest absolute Gasteiger partial charge is 0.411 e. The normalized spacial score (nSPS) is 19.1. The summed E-state index contributed by atoms with van der Waals surface area (Å²) in [6.07, 6.45) is 3.78. The van der Waals surface area contributed by atoms with Gasteiger partial charge in [0.05, 0.1) is 6.04 Å². The Balaban J connectivity index is 2.13. The van der Waals surface area contributed by atoms with E-state index >= 15 is 0 Å². The Morgan fingerprint density at radius 3 is 2.56 bits per heavy atom. The fourth-order valence-corrected chi connectivity index (χ4v) is 1.97. The van der Waals surface area contributed by atoms with Crippen LogP contribution in [0, 0.1) is 0 Å². The van der Waals surface area contributed by atoms with Gasteiger partial charge in [0, 0.05) is 6.54 Å². The van der Waals surface area contributed by atoms with Crippen molar-refractivity contribution >= 4 is 6.09 Å². The van der Waals surface area contributed by atoms with E-state index in [2.05, 4.69) is 0 Å². The molecule has 0 saturated heterocycles. The van der Waals surface area contributed by atoms with Gasteiger partial charge in [0.15, 0.2) is 0 Å². The standard InChI is InChI=1S/C15H19NO2/c1-15(2,3)18-14(17)16-11-7-10-13(16)12-8-5-4-6-9-12/h4-10,13H,11H2,1-3H3/t13-/m0/s1. The molecule has 18 heavy (non-hydrogen) atoms. The SMILES string of the molecule is CC(C)(C)OC(=O)N1CC=C[C@H]1c1ccccc1. The fourth-order valence-electron chi connectivity index (χ4n) is 1.97. The molecule has 2 rings (SSSR count). The summed E-state index contributed by atoms with van der Waals surface area (Å²) < 4.78 is 5.42. The Hall–Kier alpha value is -1.77. The number of rotatable bonds is 1. The van der Waals surface area contributed by atoms with Crippen LogP contribution in [0.1, 0.15) is 32.4 Å². The number of hydrogen-bond donors (Lipinski definition) is 0. The molecular weight excluding hydrogens is 226 g/mol. The van der Waals surface area contributed by atoms with Crippen LogP contribution >= 0.6 is 0 Å². The van der Waals surface area contributed by atoms with Crippen LogP contribution in [0.15, 0.2) is 42.5 Å². The molecule has 0 unspecified atom stereocenters. The predicted molar refractivity (Wildman–Crippen MR) is 71.3 cm³/mol. The van der Waals surface area contributed by atoms with E-state index in [1.807, 2.05) is 63.3 Å². The zero-order valence-electron chi connectivity index (χ0n) is 11.1. The molecule has 3 nitrogen and oxygen atoms in total. The predicted octanol–water partition coefficient (Wildman–Crippen LogP) is 3.53. The molecule has 1 atom stereocenters. The Bertz CT molecular complexity index is 445. The van der Waals surface area contributed by atoms with E-state index in [0.717, 1.165) is 5.56 Å². The molecule has 1 aromatic rings. The third kappa shape index (κ3) is 2.92. The first-order valence-corrected chi connectivity index (χ1v) is 6.18. The van der Waals surface area contributed by atoms with Crippen molar-refractivity contribution in [3.8, 4) is 0 Å². The molecule has 0 fully saturated rings. The molecule has 0 radical (unpaired) electrons. The van der Waals surface area contributed by atoms with Crippen molar-refractivity contribution in [3.63, 3.8) is 0 Å². The van der Waals surface area contributed by atoms with E-state index in [-0.39, 0.29) is 12.1 Å². The second-order valence-corrected chi connectivity index (χ2v) is 5.42. The molecule has 1 aromatic carbocycles. The van der Waals surface area contributed by atoms with Gasteiger partial charge in [-0.25, -0.2) is 4.79 Å². The zero-order valence-corrected chi connectivity index (χ0v) is 11.1. The van der Waals surface area contributed by atoms with E-state index in [9.17, 15) is 4.79 Å². The van der Waals surface area contributed by atoms with Crippen LogP contribution in [0.5, 0.6) is 0 Å². The van der Waals surface area contributed by atoms with Crippen LogP contribution in [0.25, 0.3) is 0 Å². The maximum Gasteiger partial charge on any atom is 0.411 e. The highest BCUT2D eigenvalue weighted by Gasteiger charge is 2.29. The van der Waals surface area contributed by atoms with E-state index in [1.54, 1.807) is 4.90 Å². The van der Waals surface area contributed by atoms with Gasteiger partial charge >= 0.3 is 6.09 Å². The van der Waals surface area contributed by atoms with Crippen molar-refractivity contribution in [2.75, 3.05) is 6.54 Å². The lowest BCUT2D eigenvalue weighted by Gasteiger charge is -2.28. The lowest BCUT2D eigenvalue weighted by molar-refractivity contribution is 0.0240. The van der Waals surface area contributed by atoms with Crippen molar-refractivity contribution in [2.24, 2.45) is 0 Å². The van der Waals surface area contributed by atoms with Crippen LogP contribution in [0.3, 0.4) is 0 Å². The second kappa shape index (κ2) is 4.84. The van der Waals surface area contributed by atoms with Crippen LogP contribution in [-0.2, 0) is 4.74 Å². The summed E-state index contributed by atoms with van der Waals surface area (Å²) in [6, 6.07) is 9.97. The minimum Gasteiger partial charge on any atom is -0.444 e. The summed E-state index contributed by atoms with van der Waals surface area (Å²) in [5.41, 5.74) is 0.651. The molecule has 1 aliphatic heterocycles. The highest BCUT2D eigenvalue weighted by atomic mass is 16.6. The lowest BCUT2D eigenvalue weighted by Crippen LogP contribution is -2.36. The first kappa shape index (κ1) is 12.7. The largest absolute Gasteiger partial charge is 0.444 e. The summed E-state index contributed by atoms with van der Waals surface area (Å²) in [5, 5.41) is 0. The van der Waals surface area contributed by atoms with Gasteiger partial charge in [-0.1, -0.05) is 42.5 Å². The third-order valence-corrected chi connectivity index (χ3v) is 2.73. The van der Waals surface area contributed by atoms with E-state index in [1.165, 1.54) is 0 Å². The summed E-state index contributed by atoms with van der Waals surface area (Å²) >= 11 is 0. The number of carbonyl (C=O) groups excluding carboxylic acids is 1. The van der Waals surface area contributed by atoms with Gasteiger partial charge in [0.2, 0.25) is 0 Å². The Morgan fingerprint density at radius 1 is 1.28 bits per heavy atom. The molecule has 0 saturated carbocycles. The van der Waals surface area contributed by atoms with Crippen molar-refractivity contribution in [3.05, 3.63) is 48.0 Å². The van der Waals surface area contributed by atoms with Crippen LogP contribution in [0.4, 0.5) is 4.79 Å². The van der Waals surface area contributed by atoms with E-state index in [4.69, 9.17) is 4.74 Å². The van der Waals surface area contributed by atoms with Crippen molar-refractivity contribution < 1.29 is 9.53 Å². The topological polar surface area (TPSA) is 29.5 Å². The van der Waals surface area contributed by atoms with Gasteiger partial charge in [-0.05, 0) is 26.3 Å². The number of benzene rings is 1. The third-order valence-electron chi connectivity index (χ3n) is 2.73. The maximum absolute atomic E-state index is 12.1. The summed E-state index contributed by atoms with van der Waals surface area (Å²) in [7, 11) is 0. The minimum absolute atomic E-state index is 0.0129. The molecule has 0 N–H and O–H groups in total. The van der Waals surface area contributed by atoms with Crippen LogP contribution < -0.4 is 0 Å². The Morgan fingerprint density at radius 2 is 1.94 bits per heavy atom. The summed E-state index contributed by atoms with van der Waals surface area (Å²) in [5.74, 6) is 0. The molecule has 0 spiro atoms. The van der Waals surface area contributed by atoms with Crippen LogP contribution in [0.2, 0.25) is 0 Å². The van der Waals surface area contributed by atoms with Crippen molar-refractivity contribution in [2.45, 2.75) is 32.4 Å². The number of ether oxygens (including phenoxy) is 1. The number of amides is 1. The average molecular weight is 245 g/mol. The van der Waals surface area contributed by atoms with Gasteiger partial charge in [-0.2, -0.15) is 0 Å². The summed E-state index contributed by atoms with van der Waals surface area (Å²) in [6.45, 7) is 6.25. The minimum atomic E-state index is -0.457. The van der Waals surface area contributed by atoms with E-state index in [0.29, 0.717) is 6.54 Å². The maximum atomic E-state index is 12.1. The first-order chi connectivity index (χ1) is 8.47. The van der Waals surface area contributed by atoms with Gasteiger partial charge < -0.3 is 4.74 Å². The highest BCUT2D eigenvalue weighted by molar-refractivity contribution is 5.70. The number of hydrogen-bond acceptors (Lipinski definition) is 2. The van der Waals surface area contributed by atoms with Gasteiger partial charge in [-0.3, -0.25) is 4.90 Å². The van der Waals surface area contributed by atoms with Gasteiger partial charge in [-0.15, -0.1) is 0 Å². The number of carbonyl (C=O) groups is 1. The first-order valence-electron chi connectivity index (χ1n) is 6.18. The molecule has 96 valence electrons. The van der Waals surface area contributed by atoms with Crippen molar-refractivity contribution in [1.29, 1.82) is 0 Å². The molecule has 0 aromatic heterocycles. The average Bonchev–Trinajstić information content (AvgIpc) is 2.76. The molecular formula is C15H19NO2. The quantitative estimate of drug-likeness (QED) is 0.708. The molecule has 0 bridgehead atoms. The molecule has 1 amide bonds. The van der Waals surface area contributed by atoms with Gasteiger partial charge in [0.1, 0.15) is 5.60 Å². The molecule has 1 aliphatic rings. The summed E-state index contributed by atoms with van der Waals surface area (Å²) in [4.78, 5) is 13.8. The second-order valence-electron chi connectivity index (χ2n) is 5.42. The monoisotopic (exact) mass is 245 g/mol. The molecule has 0 aliphatic carbocycles. The lowest BCUT2D eigenvalue weighted by atomic mass is 10.1.